The molecule has 6 nitrogen and oxygen atoms in total. The lowest BCUT2D eigenvalue weighted by Gasteiger charge is -2.13. The second kappa shape index (κ2) is 3.77. The van der Waals surface area contributed by atoms with Crippen LogP contribution in [0.4, 0.5) is 0 Å². The second-order valence-corrected chi connectivity index (χ2v) is 3.17. The molecule has 2 atom stereocenters. The third-order valence-corrected chi connectivity index (χ3v) is 2.13. The fraction of sp³-hybridized carbons (Fsp3) is 0.500. The first kappa shape index (κ1) is 9.17. The van der Waals surface area contributed by atoms with E-state index in [-0.39, 0.29) is 18.6 Å². The van der Waals surface area contributed by atoms with Crippen molar-refractivity contribution >= 4 is 5.91 Å². The predicted octanol–water partition coefficient (Wildman–Crippen LogP) is -1.10. The summed E-state index contributed by atoms with van der Waals surface area (Å²) >= 11 is 0. The number of hydrogen-bond donors (Lipinski definition) is 3. The minimum absolute atomic E-state index is 0.256. The molecule has 0 aliphatic carbocycles. The first-order chi connectivity index (χ1) is 6.77. The van der Waals surface area contributed by atoms with Gasteiger partial charge in [0.2, 0.25) is 0 Å². The van der Waals surface area contributed by atoms with Crippen molar-refractivity contribution in [3.8, 4) is 0 Å². The standard InChI is InChI=1S/C8H11N3O3/c12-7-4-14-3-6(7)11-8(13)5-1-9-10-2-5/h1-2,6-7,12H,3-4H2,(H,9,10)(H,11,13)/t6-,7-/m1/s1. The van der Waals surface area contributed by atoms with Crippen LogP contribution < -0.4 is 5.32 Å². The van der Waals surface area contributed by atoms with Crippen molar-refractivity contribution in [3.05, 3.63) is 18.0 Å². The summed E-state index contributed by atoms with van der Waals surface area (Å²) in [5.74, 6) is -0.256. The molecule has 76 valence electrons. The Balaban J connectivity index is 1.95. The Bertz CT molecular complexity index is 312. The zero-order chi connectivity index (χ0) is 9.97. The van der Waals surface area contributed by atoms with E-state index in [2.05, 4.69) is 15.5 Å². The third kappa shape index (κ3) is 1.75. The number of aliphatic hydroxyl groups excluding tert-OH is 1. The van der Waals surface area contributed by atoms with Gasteiger partial charge >= 0.3 is 0 Å². The van der Waals surface area contributed by atoms with Gasteiger partial charge < -0.3 is 15.2 Å². The summed E-state index contributed by atoms with van der Waals surface area (Å²) < 4.78 is 5.00. The number of H-pyrrole nitrogens is 1. The number of aromatic amines is 1. The molecule has 2 rings (SSSR count). The van der Waals surface area contributed by atoms with Gasteiger partial charge in [-0.3, -0.25) is 9.89 Å². The maximum Gasteiger partial charge on any atom is 0.254 e. The van der Waals surface area contributed by atoms with Gasteiger partial charge in [0.1, 0.15) is 0 Å². The van der Waals surface area contributed by atoms with Crippen molar-refractivity contribution in [2.24, 2.45) is 0 Å². The molecule has 3 N–H and O–H groups in total. The van der Waals surface area contributed by atoms with E-state index in [1.807, 2.05) is 0 Å². The smallest absolute Gasteiger partial charge is 0.254 e. The number of hydrogen-bond acceptors (Lipinski definition) is 4. The summed E-state index contributed by atoms with van der Waals surface area (Å²) in [7, 11) is 0. The van der Waals surface area contributed by atoms with Gasteiger partial charge in [-0.1, -0.05) is 0 Å². The Morgan fingerprint density at radius 1 is 1.71 bits per heavy atom. The van der Waals surface area contributed by atoms with E-state index in [1.54, 1.807) is 0 Å². The Morgan fingerprint density at radius 3 is 3.14 bits per heavy atom. The first-order valence-electron chi connectivity index (χ1n) is 4.33. The fourth-order valence-corrected chi connectivity index (χ4v) is 1.31. The predicted molar refractivity (Wildman–Crippen MR) is 46.7 cm³/mol. The molecule has 14 heavy (non-hydrogen) atoms. The summed E-state index contributed by atoms with van der Waals surface area (Å²) in [6.07, 6.45) is 2.31. The average molecular weight is 197 g/mol. The van der Waals surface area contributed by atoms with Gasteiger partial charge in [-0.05, 0) is 0 Å². The molecule has 2 heterocycles. The van der Waals surface area contributed by atoms with Crippen LogP contribution in [-0.4, -0.2) is 46.6 Å². The molecule has 6 heteroatoms. The molecule has 1 saturated heterocycles. The molecule has 1 aliphatic rings. The lowest BCUT2D eigenvalue weighted by atomic mass is 10.2. The average Bonchev–Trinajstić information content (AvgIpc) is 2.77. The van der Waals surface area contributed by atoms with E-state index >= 15 is 0 Å². The number of aliphatic hydroxyl groups is 1. The topological polar surface area (TPSA) is 87.2 Å². The van der Waals surface area contributed by atoms with Crippen LogP contribution in [0.2, 0.25) is 0 Å². The molecule has 0 radical (unpaired) electrons. The van der Waals surface area contributed by atoms with Crippen LogP contribution in [0.3, 0.4) is 0 Å². The van der Waals surface area contributed by atoms with Crippen LogP contribution in [0.1, 0.15) is 10.4 Å². The fourth-order valence-electron chi connectivity index (χ4n) is 1.31. The van der Waals surface area contributed by atoms with Gasteiger partial charge in [-0.15, -0.1) is 0 Å². The highest BCUT2D eigenvalue weighted by Gasteiger charge is 2.27. The van der Waals surface area contributed by atoms with E-state index in [4.69, 9.17) is 4.74 Å². The van der Waals surface area contributed by atoms with Crippen LogP contribution in [0.5, 0.6) is 0 Å². The Kier molecular flexibility index (Phi) is 2.47. The van der Waals surface area contributed by atoms with E-state index in [0.29, 0.717) is 12.2 Å². The Labute approximate surface area is 80.3 Å². The van der Waals surface area contributed by atoms with Crippen molar-refractivity contribution in [3.63, 3.8) is 0 Å². The Hall–Kier alpha value is -1.40. The van der Waals surface area contributed by atoms with Crippen LogP contribution in [0.25, 0.3) is 0 Å². The summed E-state index contributed by atoms with van der Waals surface area (Å²) in [6.45, 7) is 0.626. The zero-order valence-electron chi connectivity index (χ0n) is 7.43. The van der Waals surface area contributed by atoms with Crippen molar-refractivity contribution < 1.29 is 14.6 Å². The minimum Gasteiger partial charge on any atom is -0.388 e. The number of carbonyl (C=O) groups is 1. The molecule has 0 aromatic carbocycles. The summed E-state index contributed by atoms with van der Waals surface area (Å²) in [6, 6.07) is -0.322. The molecule has 0 unspecified atom stereocenters. The third-order valence-electron chi connectivity index (χ3n) is 2.13. The zero-order valence-corrected chi connectivity index (χ0v) is 7.43. The van der Waals surface area contributed by atoms with Crippen LogP contribution >= 0.6 is 0 Å². The van der Waals surface area contributed by atoms with Gasteiger partial charge in [-0.2, -0.15) is 5.10 Å². The largest absolute Gasteiger partial charge is 0.388 e. The maximum atomic E-state index is 11.5. The summed E-state index contributed by atoms with van der Waals surface area (Å²) in [5, 5.41) is 18.2. The monoisotopic (exact) mass is 197 g/mol. The SMILES string of the molecule is O=C(N[C@@H]1COC[C@H]1O)c1cn[nH]c1. The lowest BCUT2D eigenvalue weighted by Crippen LogP contribution is -2.42. The number of aromatic nitrogens is 2. The van der Waals surface area contributed by atoms with E-state index in [1.165, 1.54) is 12.4 Å². The molecular weight excluding hydrogens is 186 g/mol. The molecule has 1 fully saturated rings. The van der Waals surface area contributed by atoms with Gasteiger partial charge in [0.15, 0.2) is 0 Å². The molecule has 1 aromatic rings. The minimum atomic E-state index is -0.620. The Morgan fingerprint density at radius 2 is 2.57 bits per heavy atom. The van der Waals surface area contributed by atoms with E-state index in [9.17, 15) is 9.90 Å². The molecule has 0 saturated carbocycles. The molecule has 1 aromatic heterocycles. The van der Waals surface area contributed by atoms with Gasteiger partial charge in [0.25, 0.3) is 5.91 Å². The number of ether oxygens (including phenoxy) is 1. The normalized spacial score (nSPS) is 26.4. The van der Waals surface area contributed by atoms with Crippen molar-refractivity contribution in [1.29, 1.82) is 0 Å². The quantitative estimate of drug-likeness (QED) is 0.561. The molecule has 1 amide bonds. The van der Waals surface area contributed by atoms with E-state index < -0.39 is 6.10 Å². The van der Waals surface area contributed by atoms with E-state index in [0.717, 1.165) is 0 Å². The van der Waals surface area contributed by atoms with Crippen molar-refractivity contribution in [2.45, 2.75) is 12.1 Å². The lowest BCUT2D eigenvalue weighted by molar-refractivity contribution is 0.0886. The molecular formula is C8H11N3O3. The van der Waals surface area contributed by atoms with Crippen LogP contribution in [0, 0.1) is 0 Å². The number of nitrogens with one attached hydrogen (secondary N) is 2. The van der Waals surface area contributed by atoms with Crippen LogP contribution in [-0.2, 0) is 4.74 Å². The summed E-state index contributed by atoms with van der Waals surface area (Å²) in [4.78, 5) is 11.5. The number of amides is 1. The van der Waals surface area contributed by atoms with Crippen LogP contribution in [0.15, 0.2) is 12.4 Å². The molecule has 1 aliphatic heterocycles. The van der Waals surface area contributed by atoms with Crippen molar-refractivity contribution in [2.75, 3.05) is 13.2 Å². The molecule has 0 spiro atoms. The highest BCUT2D eigenvalue weighted by molar-refractivity contribution is 5.93. The van der Waals surface area contributed by atoms with Gasteiger partial charge in [-0.25, -0.2) is 0 Å². The van der Waals surface area contributed by atoms with Gasteiger partial charge in [0.05, 0.1) is 37.1 Å². The second-order valence-electron chi connectivity index (χ2n) is 3.17. The highest BCUT2D eigenvalue weighted by Crippen LogP contribution is 2.06. The number of carbonyl (C=O) groups excluding carboxylic acids is 1. The van der Waals surface area contributed by atoms with Gasteiger partial charge in [0, 0.05) is 6.20 Å². The van der Waals surface area contributed by atoms with Crippen molar-refractivity contribution in [1.82, 2.24) is 15.5 Å². The number of rotatable bonds is 2. The summed E-state index contributed by atoms with van der Waals surface area (Å²) in [5.41, 5.74) is 0.448. The molecule has 0 bridgehead atoms. The highest BCUT2D eigenvalue weighted by atomic mass is 16.5. The first-order valence-corrected chi connectivity index (χ1v) is 4.33. The number of nitrogens with zero attached hydrogens (tertiary/aromatic N) is 1. The maximum absolute atomic E-state index is 11.5.